The minimum atomic E-state index is -1.01. The Balaban J connectivity index is 2.20. The molecule has 1 N–H and O–H groups in total. The van der Waals surface area contributed by atoms with Gasteiger partial charge in [0.1, 0.15) is 6.10 Å². The molecule has 1 heterocycles. The second kappa shape index (κ2) is 5.94. The van der Waals surface area contributed by atoms with Gasteiger partial charge >= 0.3 is 12.1 Å². The number of carbonyl (C=O) groups excluding carboxylic acids is 1. The van der Waals surface area contributed by atoms with Crippen molar-refractivity contribution in [3.63, 3.8) is 0 Å². The average Bonchev–Trinajstić information content (AvgIpc) is 2.66. The summed E-state index contributed by atoms with van der Waals surface area (Å²) < 4.78 is 5.20. The van der Waals surface area contributed by atoms with Gasteiger partial charge in [0.2, 0.25) is 0 Å². The molecule has 20 heavy (non-hydrogen) atoms. The lowest BCUT2D eigenvalue weighted by Gasteiger charge is -2.20. The number of hydrogen-bond acceptors (Lipinski definition) is 3. The van der Waals surface area contributed by atoms with Crippen LogP contribution in [0.1, 0.15) is 30.9 Å². The van der Waals surface area contributed by atoms with Crippen molar-refractivity contribution in [3.05, 3.63) is 35.4 Å². The predicted octanol–water partition coefficient (Wildman–Crippen LogP) is 2.57. The number of carboxylic acid groups (broad SMARTS) is 1. The van der Waals surface area contributed by atoms with Crippen LogP contribution in [0.4, 0.5) is 4.79 Å². The standard InChI is InChI=1S/C15H19NO4/c1-3-5-12-13(14(17)18)16(15(19)20-12)9-11-7-4-6-10(2)8-11/h4,6-8,12-13H,3,5,9H2,1-2H3,(H,17,18)/t12-,13+/m0/s1. The number of benzene rings is 1. The molecule has 108 valence electrons. The zero-order chi connectivity index (χ0) is 14.7. The van der Waals surface area contributed by atoms with Gasteiger partial charge in [0, 0.05) is 0 Å². The lowest BCUT2D eigenvalue weighted by atomic mass is 10.1. The first-order chi connectivity index (χ1) is 9.52. The molecule has 1 saturated heterocycles. The zero-order valence-corrected chi connectivity index (χ0v) is 11.7. The molecular weight excluding hydrogens is 258 g/mol. The third-order valence-electron chi connectivity index (χ3n) is 3.44. The van der Waals surface area contributed by atoms with E-state index in [4.69, 9.17) is 4.74 Å². The molecule has 1 fully saturated rings. The largest absolute Gasteiger partial charge is 0.480 e. The Morgan fingerprint density at radius 3 is 2.80 bits per heavy atom. The van der Waals surface area contributed by atoms with E-state index in [1.54, 1.807) is 0 Å². The molecule has 5 nitrogen and oxygen atoms in total. The van der Waals surface area contributed by atoms with Crippen molar-refractivity contribution in [1.82, 2.24) is 4.90 Å². The van der Waals surface area contributed by atoms with Crippen LogP contribution in [-0.2, 0) is 16.1 Å². The molecular formula is C15H19NO4. The Morgan fingerprint density at radius 1 is 1.45 bits per heavy atom. The van der Waals surface area contributed by atoms with Crippen molar-refractivity contribution < 1.29 is 19.4 Å². The Morgan fingerprint density at radius 2 is 2.20 bits per heavy atom. The molecule has 1 aliphatic heterocycles. The SMILES string of the molecule is CCC[C@@H]1OC(=O)N(Cc2cccc(C)c2)[C@H]1C(=O)O. The number of nitrogens with zero attached hydrogens (tertiary/aromatic N) is 1. The highest BCUT2D eigenvalue weighted by molar-refractivity contribution is 5.83. The molecule has 1 aliphatic rings. The molecule has 2 atom stereocenters. The van der Waals surface area contributed by atoms with E-state index in [9.17, 15) is 14.7 Å². The normalized spacial score (nSPS) is 21.9. The van der Waals surface area contributed by atoms with E-state index in [0.29, 0.717) is 6.42 Å². The van der Waals surface area contributed by atoms with Gasteiger partial charge in [0.25, 0.3) is 0 Å². The maximum Gasteiger partial charge on any atom is 0.411 e. The van der Waals surface area contributed by atoms with Gasteiger partial charge in [0.05, 0.1) is 6.54 Å². The molecule has 5 heteroatoms. The fraction of sp³-hybridized carbons (Fsp3) is 0.467. The van der Waals surface area contributed by atoms with Crippen LogP contribution >= 0.6 is 0 Å². The van der Waals surface area contributed by atoms with Gasteiger partial charge in [-0.25, -0.2) is 9.59 Å². The maximum absolute atomic E-state index is 11.9. The number of amides is 1. The van der Waals surface area contributed by atoms with Gasteiger partial charge in [-0.05, 0) is 18.9 Å². The number of aliphatic carboxylic acids is 1. The summed E-state index contributed by atoms with van der Waals surface area (Å²) in [5.74, 6) is -1.01. The fourth-order valence-corrected chi connectivity index (χ4v) is 2.54. The number of hydrogen-bond donors (Lipinski definition) is 1. The Hall–Kier alpha value is -2.04. The van der Waals surface area contributed by atoms with E-state index >= 15 is 0 Å². The van der Waals surface area contributed by atoms with Crippen LogP contribution in [0.3, 0.4) is 0 Å². The molecule has 0 radical (unpaired) electrons. The highest BCUT2D eigenvalue weighted by Gasteiger charge is 2.45. The van der Waals surface area contributed by atoms with Crippen LogP contribution < -0.4 is 0 Å². The van der Waals surface area contributed by atoms with Crippen LogP contribution in [0.5, 0.6) is 0 Å². The van der Waals surface area contributed by atoms with Crippen LogP contribution in [0.15, 0.2) is 24.3 Å². The zero-order valence-electron chi connectivity index (χ0n) is 11.7. The lowest BCUT2D eigenvalue weighted by molar-refractivity contribution is -0.143. The molecule has 0 spiro atoms. The van der Waals surface area contributed by atoms with Gasteiger partial charge < -0.3 is 9.84 Å². The topological polar surface area (TPSA) is 66.8 Å². The fourth-order valence-electron chi connectivity index (χ4n) is 2.54. The van der Waals surface area contributed by atoms with Crippen molar-refractivity contribution >= 4 is 12.1 Å². The summed E-state index contributed by atoms with van der Waals surface area (Å²) in [5.41, 5.74) is 1.98. The van der Waals surface area contributed by atoms with Crippen LogP contribution in [0.25, 0.3) is 0 Å². The van der Waals surface area contributed by atoms with Crippen molar-refractivity contribution in [1.29, 1.82) is 0 Å². The van der Waals surface area contributed by atoms with Gasteiger partial charge in [0.15, 0.2) is 6.04 Å². The number of aryl methyl sites for hydroxylation is 1. The van der Waals surface area contributed by atoms with E-state index in [2.05, 4.69) is 0 Å². The third kappa shape index (κ3) is 2.92. The molecule has 1 aromatic carbocycles. The quantitative estimate of drug-likeness (QED) is 0.898. The first-order valence-electron chi connectivity index (χ1n) is 6.78. The van der Waals surface area contributed by atoms with Gasteiger partial charge in [-0.2, -0.15) is 0 Å². The number of ether oxygens (including phenoxy) is 1. The van der Waals surface area contributed by atoms with Crippen molar-refractivity contribution in [2.45, 2.75) is 45.4 Å². The first kappa shape index (κ1) is 14.4. The number of carbonyl (C=O) groups is 2. The molecule has 0 aliphatic carbocycles. The van der Waals surface area contributed by atoms with Crippen molar-refractivity contribution in [3.8, 4) is 0 Å². The number of cyclic esters (lactones) is 1. The summed E-state index contributed by atoms with van der Waals surface area (Å²) in [7, 11) is 0. The Bertz CT molecular complexity index is 514. The molecule has 0 unspecified atom stereocenters. The maximum atomic E-state index is 11.9. The van der Waals surface area contributed by atoms with E-state index in [1.165, 1.54) is 4.90 Å². The number of rotatable bonds is 5. The minimum Gasteiger partial charge on any atom is -0.480 e. The van der Waals surface area contributed by atoms with Crippen molar-refractivity contribution in [2.24, 2.45) is 0 Å². The van der Waals surface area contributed by atoms with Gasteiger partial charge in [-0.1, -0.05) is 43.2 Å². The summed E-state index contributed by atoms with van der Waals surface area (Å²) in [6.07, 6.45) is 0.236. The van der Waals surface area contributed by atoms with Crippen LogP contribution in [0, 0.1) is 6.92 Å². The first-order valence-corrected chi connectivity index (χ1v) is 6.78. The van der Waals surface area contributed by atoms with E-state index in [-0.39, 0.29) is 6.54 Å². The smallest absolute Gasteiger partial charge is 0.411 e. The summed E-state index contributed by atoms with van der Waals surface area (Å²) in [6, 6.07) is 6.78. The second-order valence-electron chi connectivity index (χ2n) is 5.11. The van der Waals surface area contributed by atoms with E-state index < -0.39 is 24.2 Å². The number of carboxylic acids is 1. The third-order valence-corrected chi connectivity index (χ3v) is 3.44. The Labute approximate surface area is 118 Å². The highest BCUT2D eigenvalue weighted by atomic mass is 16.6. The molecule has 1 aromatic rings. The summed E-state index contributed by atoms with van der Waals surface area (Å²) >= 11 is 0. The van der Waals surface area contributed by atoms with Gasteiger partial charge in [-0.15, -0.1) is 0 Å². The van der Waals surface area contributed by atoms with Crippen molar-refractivity contribution in [2.75, 3.05) is 0 Å². The monoisotopic (exact) mass is 277 g/mol. The summed E-state index contributed by atoms with van der Waals surface area (Å²) in [5, 5.41) is 9.36. The summed E-state index contributed by atoms with van der Waals surface area (Å²) in [6.45, 7) is 4.16. The molecule has 0 bridgehead atoms. The Kier molecular flexibility index (Phi) is 4.27. The molecule has 0 saturated carbocycles. The van der Waals surface area contributed by atoms with E-state index in [0.717, 1.165) is 17.5 Å². The summed E-state index contributed by atoms with van der Waals surface area (Å²) in [4.78, 5) is 24.6. The minimum absolute atomic E-state index is 0.262. The molecule has 1 amide bonds. The molecule has 0 aromatic heterocycles. The average molecular weight is 277 g/mol. The molecule has 2 rings (SSSR count). The predicted molar refractivity (Wildman–Crippen MR) is 73.3 cm³/mol. The second-order valence-corrected chi connectivity index (χ2v) is 5.11. The highest BCUT2D eigenvalue weighted by Crippen LogP contribution is 2.25. The van der Waals surface area contributed by atoms with Crippen LogP contribution in [-0.4, -0.2) is 34.2 Å². The van der Waals surface area contributed by atoms with Crippen LogP contribution in [0.2, 0.25) is 0 Å². The van der Waals surface area contributed by atoms with Gasteiger partial charge in [-0.3, -0.25) is 4.90 Å². The lowest BCUT2D eigenvalue weighted by Crippen LogP contribution is -2.42. The van der Waals surface area contributed by atoms with E-state index in [1.807, 2.05) is 38.1 Å².